The zero-order chi connectivity index (χ0) is 17.5. The van der Waals surface area contributed by atoms with E-state index in [-0.39, 0.29) is 28.9 Å². The van der Waals surface area contributed by atoms with Crippen LogP contribution >= 0.6 is 0 Å². The van der Waals surface area contributed by atoms with E-state index in [2.05, 4.69) is 18.5 Å². The smallest absolute Gasteiger partial charge is 0.191 e. The molecule has 3 N–H and O–H groups in total. The molecule has 0 aromatic heterocycles. The number of allylic oxidation sites excluding steroid dienone is 5. The maximum absolute atomic E-state index is 12.1. The number of carbonyl (C=O) groups excluding carboxylic acids is 2. The number of hydrogen-bond donors (Lipinski definition) is 3. The Hall–Kier alpha value is -1.98. The highest BCUT2D eigenvalue weighted by Crippen LogP contribution is 2.23. The molecule has 0 aliphatic rings. The summed E-state index contributed by atoms with van der Waals surface area (Å²) in [5.41, 5.74) is -0.466. The molecule has 5 heteroatoms. The van der Waals surface area contributed by atoms with Gasteiger partial charge in [0.2, 0.25) is 0 Å². The maximum Gasteiger partial charge on any atom is 0.191 e. The van der Waals surface area contributed by atoms with Crippen molar-refractivity contribution in [2.24, 2.45) is 0 Å². The average Bonchev–Trinajstić information content (AvgIpc) is 2.51. The molecule has 0 aliphatic carbocycles. The fourth-order valence-corrected chi connectivity index (χ4v) is 1.90. The standard InChI is InChI=1S/C17H25NO4/c1-7-8-11(2)15(21)13(4)16(22)12(3)9-17(5,18-6)14(20)10-19/h7-8,18-19,22H,2-3,9-10H2,1,4-6H3/b8-7-,16-13-/t17-/m1/s1. The van der Waals surface area contributed by atoms with E-state index in [0.717, 1.165) is 0 Å². The van der Waals surface area contributed by atoms with Gasteiger partial charge in [-0.15, -0.1) is 0 Å². The van der Waals surface area contributed by atoms with Gasteiger partial charge in [-0.25, -0.2) is 0 Å². The molecule has 0 fully saturated rings. The van der Waals surface area contributed by atoms with E-state index in [1.54, 1.807) is 33.0 Å². The van der Waals surface area contributed by atoms with Crippen LogP contribution in [0.15, 0.2) is 47.8 Å². The second-order valence-corrected chi connectivity index (χ2v) is 5.27. The van der Waals surface area contributed by atoms with Crippen LogP contribution in [0.5, 0.6) is 0 Å². The number of likely N-dealkylation sites (N-methyl/N-ethyl adjacent to an activating group) is 1. The van der Waals surface area contributed by atoms with Crippen LogP contribution in [0.1, 0.15) is 27.2 Å². The summed E-state index contributed by atoms with van der Waals surface area (Å²) in [6, 6.07) is 0. The monoisotopic (exact) mass is 307 g/mol. The van der Waals surface area contributed by atoms with Gasteiger partial charge in [0, 0.05) is 17.6 Å². The minimum absolute atomic E-state index is 0.0649. The Morgan fingerprint density at radius 3 is 2.27 bits per heavy atom. The lowest BCUT2D eigenvalue weighted by Crippen LogP contribution is -2.49. The third-order valence-electron chi connectivity index (χ3n) is 3.57. The Kier molecular flexibility index (Phi) is 7.70. The first kappa shape index (κ1) is 20.0. The number of nitrogens with one attached hydrogen (secondary N) is 1. The number of ketones is 2. The normalized spacial score (nSPS) is 15.1. The third kappa shape index (κ3) is 4.79. The second kappa shape index (κ2) is 8.46. The summed E-state index contributed by atoms with van der Waals surface area (Å²) in [4.78, 5) is 23.9. The minimum atomic E-state index is -1.07. The highest BCUT2D eigenvalue weighted by atomic mass is 16.3. The number of hydrogen-bond acceptors (Lipinski definition) is 5. The molecule has 22 heavy (non-hydrogen) atoms. The van der Waals surface area contributed by atoms with Crippen LogP contribution in [0.2, 0.25) is 0 Å². The first-order valence-corrected chi connectivity index (χ1v) is 6.92. The molecule has 0 aromatic rings. The number of aliphatic hydroxyl groups is 2. The number of rotatable bonds is 9. The minimum Gasteiger partial charge on any atom is -0.507 e. The number of Topliss-reactive ketones (excluding diaryl/α,β-unsaturated/α-hetero) is 2. The van der Waals surface area contributed by atoms with Gasteiger partial charge in [-0.1, -0.05) is 25.3 Å². The van der Waals surface area contributed by atoms with Gasteiger partial charge in [0.25, 0.3) is 0 Å². The molecular weight excluding hydrogens is 282 g/mol. The van der Waals surface area contributed by atoms with Crippen LogP contribution < -0.4 is 5.32 Å². The summed E-state index contributed by atoms with van der Waals surface area (Å²) >= 11 is 0. The summed E-state index contributed by atoms with van der Waals surface area (Å²) in [7, 11) is 1.58. The molecular formula is C17H25NO4. The topological polar surface area (TPSA) is 86.6 Å². The molecule has 0 heterocycles. The Labute approximate surface area is 131 Å². The molecule has 0 rings (SSSR count). The van der Waals surface area contributed by atoms with Crippen molar-refractivity contribution in [3.05, 3.63) is 47.8 Å². The highest BCUT2D eigenvalue weighted by molar-refractivity contribution is 6.09. The molecule has 0 aliphatic heterocycles. The molecule has 5 nitrogen and oxygen atoms in total. The van der Waals surface area contributed by atoms with Crippen molar-refractivity contribution in [3.63, 3.8) is 0 Å². The van der Waals surface area contributed by atoms with Crippen molar-refractivity contribution in [1.29, 1.82) is 0 Å². The lowest BCUT2D eigenvalue weighted by Gasteiger charge is -2.28. The largest absolute Gasteiger partial charge is 0.507 e. The molecule has 0 bridgehead atoms. The SMILES string of the molecule is C=C(/C=C\C)C(=O)/C(C)=C(\O)C(=C)C[C@@](C)(NC)C(=O)CO. The molecule has 0 aromatic carbocycles. The van der Waals surface area contributed by atoms with E-state index in [0.29, 0.717) is 0 Å². The van der Waals surface area contributed by atoms with Gasteiger partial charge in [-0.2, -0.15) is 0 Å². The van der Waals surface area contributed by atoms with E-state index in [9.17, 15) is 14.7 Å². The van der Waals surface area contributed by atoms with E-state index < -0.39 is 23.7 Å². The van der Waals surface area contributed by atoms with Crippen LogP contribution in [-0.4, -0.2) is 41.0 Å². The molecule has 0 saturated heterocycles. The molecule has 122 valence electrons. The van der Waals surface area contributed by atoms with E-state index in [4.69, 9.17) is 5.11 Å². The van der Waals surface area contributed by atoms with E-state index in [1.165, 1.54) is 6.92 Å². The average molecular weight is 307 g/mol. The van der Waals surface area contributed by atoms with Crippen molar-refractivity contribution in [1.82, 2.24) is 5.32 Å². The second-order valence-electron chi connectivity index (χ2n) is 5.27. The molecule has 0 amide bonds. The Morgan fingerprint density at radius 2 is 1.86 bits per heavy atom. The maximum atomic E-state index is 12.1. The van der Waals surface area contributed by atoms with Gasteiger partial charge < -0.3 is 15.5 Å². The zero-order valence-electron chi connectivity index (χ0n) is 13.7. The highest BCUT2D eigenvalue weighted by Gasteiger charge is 2.32. The third-order valence-corrected chi connectivity index (χ3v) is 3.57. The van der Waals surface area contributed by atoms with Crippen LogP contribution in [0.3, 0.4) is 0 Å². The van der Waals surface area contributed by atoms with Gasteiger partial charge in [0.15, 0.2) is 11.6 Å². The van der Waals surface area contributed by atoms with E-state index >= 15 is 0 Å². The zero-order valence-corrected chi connectivity index (χ0v) is 13.7. The lowest BCUT2D eigenvalue weighted by molar-refractivity contribution is -0.127. The Balaban J connectivity index is 5.36. The first-order valence-electron chi connectivity index (χ1n) is 6.92. The molecule has 0 radical (unpaired) electrons. The quantitative estimate of drug-likeness (QED) is 0.344. The summed E-state index contributed by atoms with van der Waals surface area (Å²) in [5.74, 6) is -1.08. The Morgan fingerprint density at radius 1 is 1.32 bits per heavy atom. The van der Waals surface area contributed by atoms with Crippen LogP contribution in [0.4, 0.5) is 0 Å². The first-order chi connectivity index (χ1) is 10.1. The molecule has 0 saturated carbocycles. The van der Waals surface area contributed by atoms with Crippen molar-refractivity contribution >= 4 is 11.6 Å². The van der Waals surface area contributed by atoms with Gasteiger partial charge in [0.1, 0.15) is 12.4 Å². The van der Waals surface area contributed by atoms with Crippen molar-refractivity contribution in [3.8, 4) is 0 Å². The van der Waals surface area contributed by atoms with Crippen molar-refractivity contribution in [2.75, 3.05) is 13.7 Å². The van der Waals surface area contributed by atoms with Gasteiger partial charge in [-0.05, 0) is 33.4 Å². The van der Waals surface area contributed by atoms with Crippen molar-refractivity contribution in [2.45, 2.75) is 32.7 Å². The van der Waals surface area contributed by atoms with Gasteiger partial charge >= 0.3 is 0 Å². The summed E-state index contributed by atoms with van der Waals surface area (Å²) in [5, 5.41) is 22.0. The van der Waals surface area contributed by atoms with Crippen LogP contribution in [0.25, 0.3) is 0 Å². The summed E-state index contributed by atoms with van der Waals surface area (Å²) in [6.07, 6.45) is 3.29. The summed E-state index contributed by atoms with van der Waals surface area (Å²) in [6.45, 7) is 11.6. The van der Waals surface area contributed by atoms with Crippen LogP contribution in [-0.2, 0) is 9.59 Å². The van der Waals surface area contributed by atoms with Crippen LogP contribution in [0, 0.1) is 0 Å². The lowest BCUT2D eigenvalue weighted by atomic mass is 9.87. The number of carbonyl (C=O) groups is 2. The van der Waals surface area contributed by atoms with Gasteiger partial charge in [0.05, 0.1) is 5.54 Å². The predicted octanol–water partition coefficient (Wildman–Crippen LogP) is 2.01. The fourth-order valence-electron chi connectivity index (χ4n) is 1.90. The van der Waals surface area contributed by atoms with Gasteiger partial charge in [-0.3, -0.25) is 9.59 Å². The number of aliphatic hydroxyl groups excluding tert-OH is 2. The molecule has 0 spiro atoms. The predicted molar refractivity (Wildman–Crippen MR) is 87.6 cm³/mol. The Bertz CT molecular complexity index is 543. The molecule has 1 atom stereocenters. The fraction of sp³-hybridized carbons (Fsp3) is 0.412. The van der Waals surface area contributed by atoms with E-state index in [1.807, 2.05) is 0 Å². The molecule has 0 unspecified atom stereocenters. The summed E-state index contributed by atoms with van der Waals surface area (Å²) < 4.78 is 0. The van der Waals surface area contributed by atoms with Crippen molar-refractivity contribution < 1.29 is 19.8 Å².